The fraction of sp³-hybridized carbons (Fsp3) is 0.714. The molecule has 1 aliphatic heterocycles. The maximum Gasteiger partial charge on any atom is 0.246 e. The Labute approximate surface area is 65.1 Å². The summed E-state index contributed by atoms with van der Waals surface area (Å²) in [5.41, 5.74) is 0. The van der Waals surface area contributed by atoms with Crippen molar-refractivity contribution in [3.63, 3.8) is 0 Å². The number of ketones is 1. The fourth-order valence-electron chi connectivity index (χ4n) is 1.04. The van der Waals surface area contributed by atoms with Crippen LogP contribution in [0.5, 0.6) is 0 Å². The third kappa shape index (κ3) is 2.01. The Morgan fingerprint density at radius 2 is 2.00 bits per heavy atom. The van der Waals surface area contributed by atoms with Crippen LogP contribution in [0.25, 0.3) is 0 Å². The third-order valence-electron chi connectivity index (χ3n) is 1.71. The molecule has 4 heteroatoms. The van der Waals surface area contributed by atoms with Crippen LogP contribution in [-0.4, -0.2) is 30.4 Å². The number of hydrogen-bond donors (Lipinski definition) is 0. The number of hydrogen-bond acceptors (Lipinski definition) is 3. The topological polar surface area (TPSA) is 46.6 Å². The molecule has 0 spiro atoms. The molecule has 0 saturated carbocycles. The number of Topliss-reactive ketones (excluding diaryl/α,β-unsaturated/α-hetero) is 1. The Kier molecular flexibility index (Phi) is 2.59. The van der Waals surface area contributed by atoms with Gasteiger partial charge in [0.05, 0.1) is 13.7 Å². The predicted molar refractivity (Wildman–Crippen MR) is 37.6 cm³/mol. The molecule has 4 nitrogen and oxygen atoms in total. The maximum absolute atomic E-state index is 11.0. The van der Waals surface area contributed by atoms with E-state index in [0.717, 1.165) is 0 Å². The molecule has 1 fully saturated rings. The van der Waals surface area contributed by atoms with Gasteiger partial charge in [-0.05, 0) is 0 Å². The highest BCUT2D eigenvalue weighted by molar-refractivity contribution is 5.86. The Morgan fingerprint density at radius 1 is 1.27 bits per heavy atom. The largest absolute Gasteiger partial charge is 0.300 e. The van der Waals surface area contributed by atoms with E-state index in [1.807, 2.05) is 0 Å². The Hall–Kier alpha value is -0.900. The summed E-state index contributed by atoms with van der Waals surface area (Å²) in [6.07, 6.45) is 1.06. The van der Waals surface area contributed by atoms with Crippen molar-refractivity contribution in [3.05, 3.63) is 0 Å². The smallest absolute Gasteiger partial charge is 0.246 e. The first-order chi connectivity index (χ1) is 5.24. The van der Waals surface area contributed by atoms with Gasteiger partial charge in [-0.1, -0.05) is 0 Å². The molecule has 0 unspecified atom stereocenters. The van der Waals surface area contributed by atoms with E-state index in [9.17, 15) is 9.59 Å². The van der Waals surface area contributed by atoms with Gasteiger partial charge in [-0.25, -0.2) is 5.06 Å². The summed E-state index contributed by atoms with van der Waals surface area (Å²) in [5.74, 6) is 0.0382. The van der Waals surface area contributed by atoms with Crippen LogP contribution in [0.3, 0.4) is 0 Å². The van der Waals surface area contributed by atoms with Gasteiger partial charge in [-0.3, -0.25) is 14.4 Å². The second-order valence-electron chi connectivity index (χ2n) is 2.47. The second kappa shape index (κ2) is 3.48. The molecule has 1 amide bonds. The lowest BCUT2D eigenvalue weighted by molar-refractivity contribution is -0.174. The van der Waals surface area contributed by atoms with E-state index in [2.05, 4.69) is 0 Å². The quantitative estimate of drug-likeness (QED) is 0.543. The van der Waals surface area contributed by atoms with E-state index in [4.69, 9.17) is 4.84 Å². The van der Waals surface area contributed by atoms with E-state index in [-0.39, 0.29) is 18.1 Å². The molecule has 11 heavy (non-hydrogen) atoms. The van der Waals surface area contributed by atoms with E-state index in [1.165, 1.54) is 12.2 Å². The van der Waals surface area contributed by atoms with Crippen LogP contribution in [0.2, 0.25) is 0 Å². The minimum atomic E-state index is -0.0987. The normalized spacial score (nSPS) is 20.3. The molecule has 1 aliphatic rings. The van der Waals surface area contributed by atoms with Crippen molar-refractivity contribution < 1.29 is 14.4 Å². The van der Waals surface area contributed by atoms with Crippen LogP contribution in [0, 0.1) is 0 Å². The molecular formula is C7H11NO3. The molecule has 1 saturated heterocycles. The average molecular weight is 157 g/mol. The second-order valence-corrected chi connectivity index (χ2v) is 2.47. The fourth-order valence-corrected chi connectivity index (χ4v) is 1.04. The summed E-state index contributed by atoms with van der Waals surface area (Å²) in [7, 11) is 1.44. The zero-order valence-electron chi connectivity index (χ0n) is 6.50. The zero-order chi connectivity index (χ0) is 8.27. The lowest BCUT2D eigenvalue weighted by Gasteiger charge is -2.15. The van der Waals surface area contributed by atoms with Crippen molar-refractivity contribution in [2.75, 3.05) is 13.7 Å². The van der Waals surface area contributed by atoms with Crippen molar-refractivity contribution in [1.82, 2.24) is 5.06 Å². The van der Waals surface area contributed by atoms with Gasteiger partial charge in [0.15, 0.2) is 0 Å². The summed E-state index contributed by atoms with van der Waals surface area (Å²) >= 11 is 0. The first-order valence-electron chi connectivity index (χ1n) is 3.60. The van der Waals surface area contributed by atoms with Gasteiger partial charge in [-0.2, -0.15) is 0 Å². The molecule has 0 bridgehead atoms. The highest BCUT2D eigenvalue weighted by Crippen LogP contribution is 2.07. The molecule has 0 aromatic carbocycles. The molecule has 0 aromatic heterocycles. The van der Waals surface area contributed by atoms with E-state index >= 15 is 0 Å². The molecule has 0 aromatic rings. The summed E-state index contributed by atoms with van der Waals surface area (Å²) in [6, 6.07) is 0. The van der Waals surface area contributed by atoms with Crippen LogP contribution in [0.15, 0.2) is 0 Å². The van der Waals surface area contributed by atoms with Gasteiger partial charge < -0.3 is 0 Å². The minimum absolute atomic E-state index is 0.0987. The molecule has 1 heterocycles. The van der Waals surface area contributed by atoms with E-state index < -0.39 is 0 Å². The van der Waals surface area contributed by atoms with Crippen LogP contribution < -0.4 is 0 Å². The number of carbonyl (C=O) groups excluding carboxylic acids is 2. The number of nitrogens with zero attached hydrogens (tertiary/aromatic N) is 1. The number of carbonyl (C=O) groups is 2. The average Bonchev–Trinajstić information content (AvgIpc) is 2.15. The SMILES string of the molecule is CON1CCC(=O)CCC1=O. The Balaban J connectivity index is 2.55. The first kappa shape index (κ1) is 8.20. The number of amides is 1. The van der Waals surface area contributed by atoms with Crippen molar-refractivity contribution in [2.45, 2.75) is 19.3 Å². The van der Waals surface area contributed by atoms with Gasteiger partial charge in [0.1, 0.15) is 5.78 Å². The van der Waals surface area contributed by atoms with Crippen molar-refractivity contribution in [2.24, 2.45) is 0 Å². The highest BCUT2D eigenvalue weighted by Gasteiger charge is 2.19. The molecular weight excluding hydrogens is 146 g/mol. The van der Waals surface area contributed by atoms with Gasteiger partial charge >= 0.3 is 0 Å². The van der Waals surface area contributed by atoms with Crippen molar-refractivity contribution in [3.8, 4) is 0 Å². The number of hydroxylamine groups is 2. The lowest BCUT2D eigenvalue weighted by Crippen LogP contribution is -2.28. The predicted octanol–water partition coefficient (Wildman–Crippen LogP) is 0.129. The molecule has 0 aliphatic carbocycles. The molecule has 62 valence electrons. The first-order valence-corrected chi connectivity index (χ1v) is 3.60. The summed E-state index contributed by atoms with van der Waals surface area (Å²) in [5, 5.41) is 1.24. The van der Waals surface area contributed by atoms with Crippen LogP contribution >= 0.6 is 0 Å². The monoisotopic (exact) mass is 157 g/mol. The van der Waals surface area contributed by atoms with Crippen LogP contribution in [-0.2, 0) is 14.4 Å². The molecule has 0 atom stereocenters. The summed E-state index contributed by atoms with van der Waals surface area (Å²) < 4.78 is 0. The van der Waals surface area contributed by atoms with Gasteiger partial charge in [-0.15, -0.1) is 0 Å². The maximum atomic E-state index is 11.0. The third-order valence-corrected chi connectivity index (χ3v) is 1.71. The van der Waals surface area contributed by atoms with Crippen LogP contribution in [0.1, 0.15) is 19.3 Å². The lowest BCUT2D eigenvalue weighted by atomic mass is 10.2. The number of rotatable bonds is 1. The van der Waals surface area contributed by atoms with Gasteiger partial charge in [0, 0.05) is 19.3 Å². The molecule has 1 rings (SSSR count). The van der Waals surface area contributed by atoms with Crippen LogP contribution in [0.4, 0.5) is 0 Å². The van der Waals surface area contributed by atoms with E-state index in [1.54, 1.807) is 0 Å². The minimum Gasteiger partial charge on any atom is -0.300 e. The van der Waals surface area contributed by atoms with Crippen molar-refractivity contribution >= 4 is 11.7 Å². The zero-order valence-corrected chi connectivity index (χ0v) is 6.50. The van der Waals surface area contributed by atoms with Gasteiger partial charge in [0.25, 0.3) is 0 Å². The highest BCUT2D eigenvalue weighted by atomic mass is 16.7. The molecule has 0 N–H and O–H groups in total. The van der Waals surface area contributed by atoms with E-state index in [0.29, 0.717) is 19.4 Å². The summed E-state index contributed by atoms with van der Waals surface area (Å²) in [4.78, 5) is 26.7. The summed E-state index contributed by atoms with van der Waals surface area (Å²) in [6.45, 7) is 0.397. The molecule has 0 radical (unpaired) electrons. The van der Waals surface area contributed by atoms with Crippen molar-refractivity contribution in [1.29, 1.82) is 0 Å². The Morgan fingerprint density at radius 3 is 2.64 bits per heavy atom. The van der Waals surface area contributed by atoms with Gasteiger partial charge in [0.2, 0.25) is 5.91 Å². The standard InChI is InChI=1S/C7H11NO3/c1-11-8-5-4-6(9)2-3-7(8)10/h2-5H2,1H3. The Bertz CT molecular complexity index is 179.